The third kappa shape index (κ3) is 4.12. The maximum Gasteiger partial charge on any atom is 0.243 e. The van der Waals surface area contributed by atoms with Crippen LogP contribution < -0.4 is 0 Å². The molecule has 1 aromatic carbocycles. The van der Waals surface area contributed by atoms with E-state index in [0.29, 0.717) is 43.3 Å². The van der Waals surface area contributed by atoms with E-state index in [2.05, 4.69) is 0 Å². The van der Waals surface area contributed by atoms with Crippen LogP contribution in [0.3, 0.4) is 0 Å². The fourth-order valence-electron chi connectivity index (χ4n) is 2.84. The normalized spacial score (nSPS) is 16.9. The van der Waals surface area contributed by atoms with Gasteiger partial charge in [-0.2, -0.15) is 4.31 Å². The summed E-state index contributed by atoms with van der Waals surface area (Å²) in [6.07, 6.45) is 0. The maximum absolute atomic E-state index is 12.9. The molecule has 0 bridgehead atoms. The van der Waals surface area contributed by atoms with Gasteiger partial charge >= 0.3 is 0 Å². The smallest absolute Gasteiger partial charge is 0.243 e. The van der Waals surface area contributed by atoms with Crippen LogP contribution in [0.4, 0.5) is 0 Å². The average Bonchev–Trinajstić information content (AvgIpc) is 3.12. The first-order valence-corrected chi connectivity index (χ1v) is 10.6. The second-order valence-electron chi connectivity index (χ2n) is 5.99. The Labute approximate surface area is 156 Å². The molecule has 0 saturated carbocycles. The molecule has 0 radical (unpaired) electrons. The number of hydrogen-bond acceptors (Lipinski definition) is 5. The van der Waals surface area contributed by atoms with E-state index in [1.165, 1.54) is 21.7 Å². The van der Waals surface area contributed by atoms with E-state index in [1.807, 2.05) is 22.4 Å². The van der Waals surface area contributed by atoms with Crippen LogP contribution in [0.1, 0.15) is 15.2 Å². The lowest BCUT2D eigenvalue weighted by Crippen LogP contribution is -2.49. The van der Waals surface area contributed by atoms with E-state index in [0.717, 1.165) is 4.88 Å². The molecule has 2 heterocycles. The fourth-order valence-corrected chi connectivity index (χ4v) is 5.40. The number of Topliss-reactive ketones (excluding diaryl/α,β-unsaturated/α-hetero) is 1. The largest absolute Gasteiger partial charge is 0.293 e. The lowest BCUT2D eigenvalue weighted by atomic mass is 10.2. The molecular weight excluding hydrogens is 380 g/mol. The summed E-state index contributed by atoms with van der Waals surface area (Å²) < 4.78 is 27.2. The zero-order chi connectivity index (χ0) is 18.0. The molecule has 3 rings (SSSR count). The van der Waals surface area contributed by atoms with E-state index in [9.17, 15) is 13.2 Å². The number of carbonyl (C=O) groups is 1. The SMILES string of the molecule is Cc1ccc(Cl)cc1S(=O)(=O)N1CCN(CC(=O)c2cccs2)CC1. The summed E-state index contributed by atoms with van der Waals surface area (Å²) in [6.45, 7) is 3.90. The van der Waals surface area contributed by atoms with Crippen LogP contribution in [-0.2, 0) is 10.0 Å². The molecule has 0 atom stereocenters. The zero-order valence-electron chi connectivity index (χ0n) is 13.8. The third-order valence-electron chi connectivity index (χ3n) is 4.26. The van der Waals surface area contributed by atoms with Gasteiger partial charge < -0.3 is 0 Å². The Morgan fingerprint density at radius 3 is 2.56 bits per heavy atom. The van der Waals surface area contributed by atoms with Crippen molar-refractivity contribution in [3.05, 3.63) is 51.2 Å². The van der Waals surface area contributed by atoms with Gasteiger partial charge in [-0.25, -0.2) is 8.42 Å². The summed E-state index contributed by atoms with van der Waals surface area (Å²) in [4.78, 5) is 15.2. The minimum atomic E-state index is -3.57. The van der Waals surface area contributed by atoms with Gasteiger partial charge in [0.25, 0.3) is 0 Å². The molecule has 134 valence electrons. The molecule has 25 heavy (non-hydrogen) atoms. The van der Waals surface area contributed by atoms with Crippen LogP contribution in [0, 0.1) is 6.92 Å². The predicted octanol–water partition coefficient (Wildman–Crippen LogP) is 2.90. The Balaban J connectivity index is 1.65. The monoisotopic (exact) mass is 398 g/mol. The number of rotatable bonds is 5. The second kappa shape index (κ2) is 7.55. The number of carbonyl (C=O) groups excluding carboxylic acids is 1. The van der Waals surface area contributed by atoms with Crippen LogP contribution in [0.2, 0.25) is 5.02 Å². The second-order valence-corrected chi connectivity index (χ2v) is 9.28. The van der Waals surface area contributed by atoms with E-state index in [-0.39, 0.29) is 10.7 Å². The number of halogens is 1. The van der Waals surface area contributed by atoms with Crippen LogP contribution in [0.15, 0.2) is 40.6 Å². The van der Waals surface area contributed by atoms with Crippen molar-refractivity contribution in [2.24, 2.45) is 0 Å². The zero-order valence-corrected chi connectivity index (χ0v) is 16.2. The molecule has 2 aromatic rings. The van der Waals surface area contributed by atoms with E-state index >= 15 is 0 Å². The number of thiophene rings is 1. The van der Waals surface area contributed by atoms with Crippen LogP contribution in [0.25, 0.3) is 0 Å². The molecular formula is C17H19ClN2O3S2. The Morgan fingerprint density at radius 2 is 1.92 bits per heavy atom. The van der Waals surface area contributed by atoms with Crippen molar-refractivity contribution in [3.63, 3.8) is 0 Å². The summed E-state index contributed by atoms with van der Waals surface area (Å²) in [7, 11) is -3.57. The van der Waals surface area contributed by atoms with Gasteiger partial charge in [0.1, 0.15) is 0 Å². The van der Waals surface area contributed by atoms with Crippen molar-refractivity contribution in [2.45, 2.75) is 11.8 Å². The van der Waals surface area contributed by atoms with Crippen molar-refractivity contribution >= 4 is 38.7 Å². The summed E-state index contributed by atoms with van der Waals surface area (Å²) in [5.74, 6) is 0.0805. The molecule has 1 saturated heterocycles. The van der Waals surface area contributed by atoms with Gasteiger partial charge in [0.2, 0.25) is 10.0 Å². The first-order valence-electron chi connectivity index (χ1n) is 7.93. The maximum atomic E-state index is 12.9. The van der Waals surface area contributed by atoms with E-state index in [4.69, 9.17) is 11.6 Å². The molecule has 1 aliphatic heterocycles. The molecule has 0 amide bonds. The fraction of sp³-hybridized carbons (Fsp3) is 0.353. The van der Waals surface area contributed by atoms with Crippen molar-refractivity contribution in [2.75, 3.05) is 32.7 Å². The highest BCUT2D eigenvalue weighted by atomic mass is 35.5. The first kappa shape index (κ1) is 18.5. The number of hydrogen-bond donors (Lipinski definition) is 0. The van der Waals surface area contributed by atoms with Gasteiger partial charge in [0, 0.05) is 31.2 Å². The van der Waals surface area contributed by atoms with Gasteiger partial charge in [0.15, 0.2) is 5.78 Å². The molecule has 0 spiro atoms. The highest BCUT2D eigenvalue weighted by molar-refractivity contribution is 7.89. The van der Waals surface area contributed by atoms with Crippen molar-refractivity contribution in [1.82, 2.24) is 9.21 Å². The highest BCUT2D eigenvalue weighted by Crippen LogP contribution is 2.24. The lowest BCUT2D eigenvalue weighted by Gasteiger charge is -2.33. The average molecular weight is 399 g/mol. The van der Waals surface area contributed by atoms with E-state index < -0.39 is 10.0 Å². The van der Waals surface area contributed by atoms with Crippen LogP contribution in [0.5, 0.6) is 0 Å². The summed E-state index contributed by atoms with van der Waals surface area (Å²) in [6, 6.07) is 8.57. The van der Waals surface area contributed by atoms with Crippen molar-refractivity contribution < 1.29 is 13.2 Å². The summed E-state index contributed by atoms with van der Waals surface area (Å²) in [5, 5.41) is 2.29. The van der Waals surface area contributed by atoms with Crippen molar-refractivity contribution in [1.29, 1.82) is 0 Å². The first-order chi connectivity index (χ1) is 11.9. The van der Waals surface area contributed by atoms with Gasteiger partial charge in [-0.1, -0.05) is 23.7 Å². The Hall–Kier alpha value is -1.25. The molecule has 1 aromatic heterocycles. The Kier molecular flexibility index (Phi) is 5.60. The summed E-state index contributed by atoms with van der Waals surface area (Å²) >= 11 is 7.39. The summed E-state index contributed by atoms with van der Waals surface area (Å²) in [5.41, 5.74) is 0.680. The van der Waals surface area contributed by atoms with E-state index in [1.54, 1.807) is 19.1 Å². The van der Waals surface area contributed by atoms with Gasteiger partial charge in [-0.15, -0.1) is 11.3 Å². The quantitative estimate of drug-likeness (QED) is 0.726. The molecule has 5 nitrogen and oxygen atoms in total. The molecule has 1 fully saturated rings. The number of aryl methyl sites for hydroxylation is 1. The van der Waals surface area contributed by atoms with Gasteiger partial charge in [-0.3, -0.25) is 9.69 Å². The predicted molar refractivity (Wildman–Crippen MR) is 100 cm³/mol. The standard InChI is InChI=1S/C17H19ClN2O3S2/c1-13-4-5-14(18)11-17(13)25(22,23)20-8-6-19(7-9-20)12-15(21)16-3-2-10-24-16/h2-5,10-11H,6-9,12H2,1H3. The molecule has 1 aliphatic rings. The van der Waals surface area contributed by atoms with Crippen LogP contribution >= 0.6 is 22.9 Å². The lowest BCUT2D eigenvalue weighted by molar-refractivity contribution is 0.0905. The number of ketones is 1. The van der Waals surface area contributed by atoms with Crippen LogP contribution in [-0.4, -0.2) is 56.1 Å². The number of sulfonamides is 1. The van der Waals surface area contributed by atoms with Gasteiger partial charge in [0.05, 0.1) is 16.3 Å². The molecule has 0 unspecified atom stereocenters. The minimum absolute atomic E-state index is 0.0805. The highest BCUT2D eigenvalue weighted by Gasteiger charge is 2.30. The van der Waals surface area contributed by atoms with Crippen molar-refractivity contribution in [3.8, 4) is 0 Å². The van der Waals surface area contributed by atoms with Gasteiger partial charge in [-0.05, 0) is 36.1 Å². The number of nitrogens with zero attached hydrogens (tertiary/aromatic N) is 2. The Morgan fingerprint density at radius 1 is 1.20 bits per heavy atom. The Bertz CT molecular complexity index is 858. The topological polar surface area (TPSA) is 57.7 Å². The number of benzene rings is 1. The molecule has 8 heteroatoms. The molecule has 0 N–H and O–H groups in total. The molecule has 0 aliphatic carbocycles. The number of piperazine rings is 1. The minimum Gasteiger partial charge on any atom is -0.293 e. The third-order valence-corrected chi connectivity index (χ3v) is 7.45.